The third kappa shape index (κ3) is 2.65. The van der Waals surface area contributed by atoms with Crippen molar-refractivity contribution in [2.75, 3.05) is 5.73 Å². The number of hydrogen-bond acceptors (Lipinski definition) is 2. The van der Waals surface area contributed by atoms with Crippen molar-refractivity contribution in [1.82, 2.24) is 4.98 Å². The van der Waals surface area contributed by atoms with E-state index in [4.69, 9.17) is 12.2 Å². The molecule has 19 heavy (non-hydrogen) atoms. The lowest BCUT2D eigenvalue weighted by molar-refractivity contribution is 0.588. The Bertz CT molecular complexity index is 643. The molecular weight excluding hydrogens is 246 g/mol. The maximum Gasteiger partial charge on any atom is 0.152 e. The van der Waals surface area contributed by atoms with E-state index in [2.05, 4.69) is 10.9 Å². The van der Waals surface area contributed by atoms with E-state index in [0.717, 1.165) is 6.07 Å². The number of aromatic nitrogens is 1. The van der Waals surface area contributed by atoms with Crippen LogP contribution >= 0.6 is 0 Å². The minimum atomic E-state index is -0.751. The fourth-order valence-electron chi connectivity index (χ4n) is 1.86. The first-order valence-corrected chi connectivity index (χ1v) is 6.12. The molecule has 0 amide bonds. The van der Waals surface area contributed by atoms with Crippen LogP contribution in [0.2, 0.25) is 0 Å². The Morgan fingerprint density at radius 3 is 2.42 bits per heavy atom. The zero-order valence-electron chi connectivity index (χ0n) is 11.2. The highest BCUT2D eigenvalue weighted by molar-refractivity contribution is 5.90. The van der Waals surface area contributed by atoms with E-state index in [1.54, 1.807) is 6.07 Å². The van der Waals surface area contributed by atoms with Crippen LogP contribution in [-0.2, 0) is 6.42 Å². The predicted molar refractivity (Wildman–Crippen MR) is 74.7 cm³/mol. The first-order chi connectivity index (χ1) is 9.08. The largest absolute Gasteiger partial charge is 0.384 e. The van der Waals surface area contributed by atoms with Crippen LogP contribution in [-0.4, -0.2) is 4.98 Å². The van der Waals surface area contributed by atoms with E-state index in [1.807, 2.05) is 20.8 Å². The number of nitrogens with zero attached hydrogens (tertiary/aromatic N) is 1. The van der Waals surface area contributed by atoms with Gasteiger partial charge in [0, 0.05) is 11.5 Å². The molecule has 0 unspecified atom stereocenters. The van der Waals surface area contributed by atoms with E-state index >= 15 is 0 Å². The Balaban J connectivity index is 0.000000861. The normalized spacial score (nSPS) is 9.68. The number of pyridine rings is 1. The average molecular weight is 262 g/mol. The number of fused-ring (bicyclic) bond motifs is 1. The van der Waals surface area contributed by atoms with Crippen LogP contribution in [0.15, 0.2) is 12.1 Å². The highest BCUT2D eigenvalue weighted by Gasteiger charge is 2.15. The average Bonchev–Trinajstić information content (AvgIpc) is 2.41. The van der Waals surface area contributed by atoms with Crippen molar-refractivity contribution in [2.24, 2.45) is 0 Å². The molecule has 4 heteroatoms. The molecule has 0 aliphatic carbocycles. The molecule has 2 nitrogen and oxygen atoms in total. The molecule has 0 aliphatic heterocycles. The summed E-state index contributed by atoms with van der Waals surface area (Å²) >= 11 is 0. The Morgan fingerprint density at radius 1 is 1.26 bits per heavy atom. The van der Waals surface area contributed by atoms with E-state index < -0.39 is 11.6 Å². The highest BCUT2D eigenvalue weighted by atomic mass is 19.1. The molecule has 1 aromatic heterocycles. The summed E-state index contributed by atoms with van der Waals surface area (Å²) in [6, 6.07) is 2.32. The minimum Gasteiger partial charge on any atom is -0.384 e. The minimum absolute atomic E-state index is 0.0243. The van der Waals surface area contributed by atoms with Crippen LogP contribution in [0, 0.1) is 24.0 Å². The number of nitrogens with two attached hydrogens (primary N) is 1. The third-order valence-electron chi connectivity index (χ3n) is 2.61. The third-order valence-corrected chi connectivity index (χ3v) is 2.61. The highest BCUT2D eigenvalue weighted by Crippen LogP contribution is 2.27. The van der Waals surface area contributed by atoms with Crippen molar-refractivity contribution < 1.29 is 8.78 Å². The first kappa shape index (κ1) is 14.9. The van der Waals surface area contributed by atoms with Crippen molar-refractivity contribution in [3.8, 4) is 12.3 Å². The van der Waals surface area contributed by atoms with Gasteiger partial charge >= 0.3 is 0 Å². The van der Waals surface area contributed by atoms with Crippen LogP contribution in [0.1, 0.15) is 31.9 Å². The van der Waals surface area contributed by atoms with Crippen molar-refractivity contribution in [3.63, 3.8) is 0 Å². The second-order valence-electron chi connectivity index (χ2n) is 3.64. The molecule has 0 aliphatic rings. The summed E-state index contributed by atoms with van der Waals surface area (Å²) in [5.41, 5.74) is 6.33. The molecule has 0 fully saturated rings. The van der Waals surface area contributed by atoms with Gasteiger partial charge in [-0.25, -0.2) is 13.8 Å². The van der Waals surface area contributed by atoms with E-state index in [9.17, 15) is 8.78 Å². The molecule has 1 aromatic carbocycles. The fraction of sp³-hybridized carbons (Fsp3) is 0.267. The van der Waals surface area contributed by atoms with E-state index in [-0.39, 0.29) is 16.9 Å². The lowest BCUT2D eigenvalue weighted by atomic mass is 10.0. The second kappa shape index (κ2) is 6.14. The molecule has 1 heterocycles. The van der Waals surface area contributed by atoms with Crippen LogP contribution in [0.3, 0.4) is 0 Å². The standard InChI is InChI=1S/C13H10F2N2.C2H6/c1-3-7-5-11(16)17-13-10(15)6-9(14)8(4-2)12(7)13;1-2/h2,5-6H,3H2,1H3,(H2,16,17);1-2H3. The van der Waals surface area contributed by atoms with Gasteiger partial charge in [0.1, 0.15) is 17.2 Å². The van der Waals surface area contributed by atoms with Gasteiger partial charge in [0.25, 0.3) is 0 Å². The lowest BCUT2D eigenvalue weighted by Gasteiger charge is -2.09. The fourth-order valence-corrected chi connectivity index (χ4v) is 1.86. The van der Waals surface area contributed by atoms with Gasteiger partial charge < -0.3 is 5.73 Å². The second-order valence-corrected chi connectivity index (χ2v) is 3.64. The Hall–Kier alpha value is -2.15. The molecule has 0 bridgehead atoms. The smallest absolute Gasteiger partial charge is 0.152 e. The number of terminal acetylenes is 1. The topological polar surface area (TPSA) is 38.9 Å². The van der Waals surface area contributed by atoms with E-state index in [1.165, 1.54) is 0 Å². The summed E-state index contributed by atoms with van der Waals surface area (Å²) in [5.74, 6) is 0.932. The maximum atomic E-state index is 13.6. The van der Waals surface area contributed by atoms with Gasteiger partial charge in [-0.2, -0.15) is 0 Å². The maximum absolute atomic E-state index is 13.6. The van der Waals surface area contributed by atoms with Crippen LogP contribution in [0.5, 0.6) is 0 Å². The zero-order valence-corrected chi connectivity index (χ0v) is 11.2. The van der Waals surface area contributed by atoms with Crippen molar-refractivity contribution in [2.45, 2.75) is 27.2 Å². The molecule has 2 N–H and O–H groups in total. The number of benzene rings is 1. The van der Waals surface area contributed by atoms with Crippen LogP contribution in [0.4, 0.5) is 14.6 Å². The molecule has 0 saturated heterocycles. The summed E-state index contributed by atoms with van der Waals surface area (Å²) in [6.45, 7) is 5.86. The summed E-state index contributed by atoms with van der Waals surface area (Å²) in [4.78, 5) is 3.87. The Kier molecular flexibility index (Phi) is 4.82. The van der Waals surface area contributed by atoms with Gasteiger partial charge in [0.05, 0.1) is 5.56 Å². The SMILES string of the molecule is C#Cc1c(F)cc(F)c2nc(N)cc(CC)c12.CC. The number of halogens is 2. The molecular formula is C15H16F2N2. The molecule has 0 saturated carbocycles. The van der Waals surface area contributed by atoms with Crippen molar-refractivity contribution >= 4 is 16.7 Å². The summed E-state index contributed by atoms with van der Waals surface area (Å²) in [5, 5.41) is 0.335. The summed E-state index contributed by atoms with van der Waals surface area (Å²) < 4.78 is 27.2. The summed E-state index contributed by atoms with van der Waals surface area (Å²) in [6.07, 6.45) is 5.83. The Labute approximate surface area is 111 Å². The van der Waals surface area contributed by atoms with Crippen molar-refractivity contribution in [3.05, 3.63) is 34.9 Å². The number of anilines is 1. The quantitative estimate of drug-likeness (QED) is 0.796. The predicted octanol–water partition coefficient (Wildman–Crippen LogP) is 3.67. The van der Waals surface area contributed by atoms with E-state index in [0.29, 0.717) is 17.4 Å². The molecule has 100 valence electrons. The van der Waals surface area contributed by atoms with Gasteiger partial charge in [-0.15, -0.1) is 6.42 Å². The molecule has 0 spiro atoms. The monoisotopic (exact) mass is 262 g/mol. The van der Waals surface area contributed by atoms with Gasteiger partial charge in [-0.3, -0.25) is 0 Å². The zero-order chi connectivity index (χ0) is 14.6. The summed E-state index contributed by atoms with van der Waals surface area (Å²) in [7, 11) is 0. The first-order valence-electron chi connectivity index (χ1n) is 6.12. The molecule has 0 radical (unpaired) electrons. The Morgan fingerprint density at radius 2 is 1.89 bits per heavy atom. The number of aryl methyl sites for hydroxylation is 1. The number of hydrogen-bond donors (Lipinski definition) is 1. The molecule has 0 atom stereocenters. The van der Waals surface area contributed by atoms with Crippen molar-refractivity contribution in [1.29, 1.82) is 0 Å². The van der Waals surface area contributed by atoms with Gasteiger partial charge in [0.15, 0.2) is 5.82 Å². The molecule has 2 rings (SSSR count). The van der Waals surface area contributed by atoms with Gasteiger partial charge in [-0.05, 0) is 18.1 Å². The van der Waals surface area contributed by atoms with Crippen LogP contribution < -0.4 is 5.73 Å². The molecule has 2 aromatic rings. The lowest BCUT2D eigenvalue weighted by Crippen LogP contribution is -2.00. The van der Waals surface area contributed by atoms with Gasteiger partial charge in [-0.1, -0.05) is 26.7 Å². The number of nitrogen functional groups attached to an aromatic ring is 1. The number of rotatable bonds is 1. The van der Waals surface area contributed by atoms with Crippen LogP contribution in [0.25, 0.3) is 10.9 Å². The van der Waals surface area contributed by atoms with Gasteiger partial charge in [0.2, 0.25) is 0 Å².